The number of rotatable bonds is 4. The first-order valence-electron chi connectivity index (χ1n) is 6.61. The topological polar surface area (TPSA) is 63.3 Å². The third-order valence-corrected chi connectivity index (χ3v) is 4.11. The SMILES string of the molecule is Cc1ccc(C2=Nn3c(CCCO)nnc3SC2)cc1. The van der Waals surface area contributed by atoms with E-state index in [2.05, 4.69) is 46.5 Å². The fourth-order valence-corrected chi connectivity index (χ4v) is 2.91. The summed E-state index contributed by atoms with van der Waals surface area (Å²) in [5.41, 5.74) is 3.41. The Bertz CT molecular complexity index is 633. The molecule has 6 heteroatoms. The van der Waals surface area contributed by atoms with Crippen LogP contribution in [0.5, 0.6) is 0 Å². The Hall–Kier alpha value is -1.66. The summed E-state index contributed by atoms with van der Waals surface area (Å²) < 4.78 is 1.80. The van der Waals surface area contributed by atoms with Crippen molar-refractivity contribution in [3.05, 3.63) is 41.2 Å². The van der Waals surface area contributed by atoms with Crippen molar-refractivity contribution in [1.29, 1.82) is 0 Å². The standard InChI is InChI=1S/C14H16N4OS/c1-10-4-6-11(7-5-10)12-9-20-14-16-15-13(3-2-8-19)18(14)17-12/h4-7,19H,2-3,8-9H2,1H3. The van der Waals surface area contributed by atoms with Gasteiger partial charge in [0, 0.05) is 18.8 Å². The first-order chi connectivity index (χ1) is 9.78. The Morgan fingerprint density at radius 3 is 2.80 bits per heavy atom. The van der Waals surface area contributed by atoms with E-state index >= 15 is 0 Å². The number of aryl methyl sites for hydroxylation is 2. The first-order valence-corrected chi connectivity index (χ1v) is 7.59. The van der Waals surface area contributed by atoms with E-state index in [1.54, 1.807) is 16.4 Å². The molecule has 0 radical (unpaired) electrons. The summed E-state index contributed by atoms with van der Waals surface area (Å²) in [6, 6.07) is 8.38. The maximum Gasteiger partial charge on any atom is 0.212 e. The Labute approximate surface area is 121 Å². The van der Waals surface area contributed by atoms with Crippen LogP contribution in [-0.4, -0.2) is 38.1 Å². The zero-order valence-corrected chi connectivity index (χ0v) is 12.1. The Balaban J connectivity index is 1.92. The molecule has 0 atom stereocenters. The Morgan fingerprint density at radius 2 is 2.05 bits per heavy atom. The Morgan fingerprint density at radius 1 is 1.25 bits per heavy atom. The van der Waals surface area contributed by atoms with Crippen molar-refractivity contribution >= 4 is 17.5 Å². The van der Waals surface area contributed by atoms with Gasteiger partial charge in [-0.15, -0.1) is 10.2 Å². The lowest BCUT2D eigenvalue weighted by molar-refractivity contribution is 0.287. The molecule has 0 saturated heterocycles. The molecule has 1 aromatic carbocycles. The third-order valence-electron chi connectivity index (χ3n) is 3.18. The average Bonchev–Trinajstić information content (AvgIpc) is 2.88. The molecule has 2 aromatic rings. The van der Waals surface area contributed by atoms with E-state index in [-0.39, 0.29) is 6.61 Å². The quantitative estimate of drug-likeness (QED) is 0.933. The summed E-state index contributed by atoms with van der Waals surface area (Å²) >= 11 is 1.65. The van der Waals surface area contributed by atoms with Gasteiger partial charge in [0.1, 0.15) is 0 Å². The molecule has 2 heterocycles. The van der Waals surface area contributed by atoms with Crippen LogP contribution in [0.4, 0.5) is 0 Å². The molecule has 0 spiro atoms. The van der Waals surface area contributed by atoms with Crippen molar-refractivity contribution < 1.29 is 5.11 Å². The number of hydrogen-bond acceptors (Lipinski definition) is 5. The number of benzene rings is 1. The molecule has 0 unspecified atom stereocenters. The number of nitrogens with zero attached hydrogens (tertiary/aromatic N) is 4. The van der Waals surface area contributed by atoms with Gasteiger partial charge in [-0.3, -0.25) is 0 Å². The molecule has 3 rings (SSSR count). The van der Waals surface area contributed by atoms with Crippen LogP contribution >= 0.6 is 11.8 Å². The predicted octanol–water partition coefficient (Wildman–Crippen LogP) is 1.87. The van der Waals surface area contributed by atoms with Gasteiger partial charge in [0.25, 0.3) is 0 Å². The number of aliphatic hydroxyl groups excluding tert-OH is 1. The van der Waals surface area contributed by atoms with Gasteiger partial charge in [-0.05, 0) is 18.9 Å². The highest BCUT2D eigenvalue weighted by Crippen LogP contribution is 2.24. The minimum atomic E-state index is 0.157. The number of thioether (sulfide) groups is 1. The fourth-order valence-electron chi connectivity index (χ4n) is 2.05. The highest BCUT2D eigenvalue weighted by Gasteiger charge is 2.19. The first kappa shape index (κ1) is 13.3. The number of fused-ring (bicyclic) bond motifs is 1. The lowest BCUT2D eigenvalue weighted by Gasteiger charge is -2.13. The van der Waals surface area contributed by atoms with E-state index in [0.29, 0.717) is 12.8 Å². The van der Waals surface area contributed by atoms with Crippen LogP contribution in [0, 0.1) is 6.92 Å². The van der Waals surface area contributed by atoms with Crippen LogP contribution in [-0.2, 0) is 6.42 Å². The number of hydrogen-bond donors (Lipinski definition) is 1. The molecule has 1 aromatic heterocycles. The summed E-state index contributed by atoms with van der Waals surface area (Å²) in [6.45, 7) is 2.23. The Kier molecular flexibility index (Phi) is 3.84. The molecular weight excluding hydrogens is 272 g/mol. The largest absolute Gasteiger partial charge is 0.396 e. The average molecular weight is 288 g/mol. The molecule has 20 heavy (non-hydrogen) atoms. The van der Waals surface area contributed by atoms with Crippen LogP contribution in [0.2, 0.25) is 0 Å². The minimum Gasteiger partial charge on any atom is -0.396 e. The summed E-state index contributed by atoms with van der Waals surface area (Å²) in [7, 11) is 0. The van der Waals surface area contributed by atoms with Gasteiger partial charge >= 0.3 is 0 Å². The van der Waals surface area contributed by atoms with Crippen molar-refractivity contribution in [2.75, 3.05) is 12.4 Å². The molecule has 104 valence electrons. The van der Waals surface area contributed by atoms with Crippen LogP contribution in [0.15, 0.2) is 34.5 Å². The maximum atomic E-state index is 8.93. The molecule has 1 aliphatic rings. The van der Waals surface area contributed by atoms with E-state index < -0.39 is 0 Å². The molecule has 0 saturated carbocycles. The van der Waals surface area contributed by atoms with E-state index in [4.69, 9.17) is 5.11 Å². The zero-order chi connectivity index (χ0) is 13.9. The summed E-state index contributed by atoms with van der Waals surface area (Å²) in [5.74, 6) is 1.62. The zero-order valence-electron chi connectivity index (χ0n) is 11.3. The molecule has 1 N–H and O–H groups in total. The highest BCUT2D eigenvalue weighted by atomic mass is 32.2. The van der Waals surface area contributed by atoms with Crippen molar-refractivity contribution in [3.8, 4) is 0 Å². The lowest BCUT2D eigenvalue weighted by Crippen LogP contribution is -2.14. The monoisotopic (exact) mass is 288 g/mol. The molecule has 0 bridgehead atoms. The predicted molar refractivity (Wildman–Crippen MR) is 79.3 cm³/mol. The number of aromatic nitrogens is 3. The van der Waals surface area contributed by atoms with E-state index in [1.807, 2.05) is 0 Å². The summed E-state index contributed by atoms with van der Waals surface area (Å²) in [6.07, 6.45) is 1.37. The smallest absolute Gasteiger partial charge is 0.212 e. The highest BCUT2D eigenvalue weighted by molar-refractivity contribution is 7.99. The minimum absolute atomic E-state index is 0.157. The third kappa shape index (κ3) is 2.62. The molecule has 0 amide bonds. The molecule has 5 nitrogen and oxygen atoms in total. The maximum absolute atomic E-state index is 8.93. The molecular formula is C14H16N4OS. The van der Waals surface area contributed by atoms with Crippen molar-refractivity contribution in [1.82, 2.24) is 14.9 Å². The van der Waals surface area contributed by atoms with Gasteiger partial charge in [-0.2, -0.15) is 9.78 Å². The molecule has 0 fully saturated rings. The van der Waals surface area contributed by atoms with Crippen LogP contribution < -0.4 is 0 Å². The summed E-state index contributed by atoms with van der Waals surface area (Å²) in [4.78, 5) is 0. The van der Waals surface area contributed by atoms with Gasteiger partial charge in [0.2, 0.25) is 5.16 Å². The van der Waals surface area contributed by atoms with Crippen molar-refractivity contribution in [2.45, 2.75) is 24.9 Å². The van der Waals surface area contributed by atoms with Crippen LogP contribution in [0.1, 0.15) is 23.4 Å². The van der Waals surface area contributed by atoms with Gasteiger partial charge in [0.05, 0.1) is 5.71 Å². The lowest BCUT2D eigenvalue weighted by atomic mass is 10.1. The van der Waals surface area contributed by atoms with Crippen LogP contribution in [0.25, 0.3) is 0 Å². The molecule has 1 aliphatic heterocycles. The van der Waals surface area contributed by atoms with E-state index in [9.17, 15) is 0 Å². The second kappa shape index (κ2) is 5.76. The normalized spacial score (nSPS) is 14.0. The van der Waals surface area contributed by atoms with Gasteiger partial charge in [-0.1, -0.05) is 41.6 Å². The summed E-state index contributed by atoms with van der Waals surface area (Å²) in [5, 5.41) is 22.7. The van der Waals surface area contributed by atoms with Crippen molar-refractivity contribution in [2.24, 2.45) is 5.10 Å². The van der Waals surface area contributed by atoms with Gasteiger partial charge in [0.15, 0.2) is 5.82 Å². The molecule has 0 aliphatic carbocycles. The second-order valence-corrected chi connectivity index (χ2v) is 5.68. The van der Waals surface area contributed by atoms with E-state index in [1.165, 1.54) is 5.56 Å². The van der Waals surface area contributed by atoms with Gasteiger partial charge < -0.3 is 5.11 Å². The number of aliphatic hydroxyl groups is 1. The van der Waals surface area contributed by atoms with E-state index in [0.717, 1.165) is 28.0 Å². The fraction of sp³-hybridized carbons (Fsp3) is 0.357. The van der Waals surface area contributed by atoms with Crippen LogP contribution in [0.3, 0.4) is 0 Å². The van der Waals surface area contributed by atoms with Gasteiger partial charge in [-0.25, -0.2) is 0 Å². The van der Waals surface area contributed by atoms with Crippen molar-refractivity contribution in [3.63, 3.8) is 0 Å². The second-order valence-electron chi connectivity index (χ2n) is 4.74.